The van der Waals surface area contributed by atoms with Crippen molar-refractivity contribution in [3.8, 4) is 0 Å². The number of piperidine rings is 1. The number of rotatable bonds is 9. The van der Waals surface area contributed by atoms with Gasteiger partial charge in [0.25, 0.3) is 0 Å². The molecule has 3 rings (SSSR count). The summed E-state index contributed by atoms with van der Waals surface area (Å²) in [6.45, 7) is 1.54. The first-order valence-corrected chi connectivity index (χ1v) is 11.7. The Bertz CT molecular complexity index is 799. The molecule has 0 aliphatic carbocycles. The minimum absolute atomic E-state index is 0.349. The Morgan fingerprint density at radius 3 is 2.58 bits per heavy atom. The predicted octanol–water partition coefficient (Wildman–Crippen LogP) is 2.37. The first-order valence-electron chi connectivity index (χ1n) is 10.9. The highest BCUT2D eigenvalue weighted by Gasteiger charge is 2.43. The first kappa shape index (κ1) is 23.6. The van der Waals surface area contributed by atoms with Crippen LogP contribution in [0.3, 0.4) is 0 Å². The molecule has 1 aromatic carbocycles. The van der Waals surface area contributed by atoms with Crippen LogP contribution in [0, 0.1) is 17.8 Å². The van der Waals surface area contributed by atoms with Crippen LogP contribution in [0.25, 0.3) is 0 Å². The van der Waals surface area contributed by atoms with Crippen molar-refractivity contribution in [2.75, 3.05) is 24.5 Å². The van der Waals surface area contributed by atoms with Crippen LogP contribution in [0.4, 0.5) is 5.69 Å². The quantitative estimate of drug-likeness (QED) is 0.422. The number of para-hydroxylation sites is 1. The lowest BCUT2D eigenvalue weighted by Gasteiger charge is -2.29. The van der Waals surface area contributed by atoms with Gasteiger partial charge in [0.15, 0.2) is 0 Å². The number of hydrogen-bond donors (Lipinski definition) is 4. The number of anilines is 1. The van der Waals surface area contributed by atoms with E-state index in [0.717, 1.165) is 38.8 Å². The molecule has 2 aliphatic heterocycles. The van der Waals surface area contributed by atoms with Gasteiger partial charge >= 0.3 is 11.9 Å². The number of benzene rings is 1. The highest BCUT2D eigenvalue weighted by atomic mass is 32.2. The molecule has 3 atom stereocenters. The number of carboxylic acid groups (broad SMARTS) is 2. The molecule has 9 heteroatoms. The minimum atomic E-state index is -1.16. The molecule has 1 saturated heterocycles. The molecule has 0 spiro atoms. The first-order chi connectivity index (χ1) is 14.9. The van der Waals surface area contributed by atoms with Crippen LogP contribution < -0.4 is 16.0 Å². The lowest BCUT2D eigenvalue weighted by molar-refractivity contribution is -0.147. The number of amides is 1. The molecule has 1 unspecified atom stereocenters. The van der Waals surface area contributed by atoms with E-state index in [1.165, 1.54) is 16.7 Å². The highest BCUT2D eigenvalue weighted by Crippen LogP contribution is 2.41. The molecule has 0 aromatic heterocycles. The van der Waals surface area contributed by atoms with E-state index in [4.69, 9.17) is 5.73 Å². The number of hydrogen-bond acceptors (Lipinski definition) is 6. The van der Waals surface area contributed by atoms with Crippen molar-refractivity contribution in [1.29, 1.82) is 0 Å². The van der Waals surface area contributed by atoms with Crippen LogP contribution in [0.2, 0.25) is 0 Å². The summed E-state index contributed by atoms with van der Waals surface area (Å²) >= 11 is 1.24. The van der Waals surface area contributed by atoms with Gasteiger partial charge in [-0.3, -0.25) is 19.3 Å². The van der Waals surface area contributed by atoms with Crippen molar-refractivity contribution in [1.82, 2.24) is 5.32 Å². The molecule has 170 valence electrons. The molecular weight excluding hydrogens is 418 g/mol. The molecule has 0 saturated carbocycles. The third-order valence-electron chi connectivity index (χ3n) is 6.20. The number of carbonyl (C=O) groups is 3. The van der Waals surface area contributed by atoms with Crippen LogP contribution in [0.1, 0.15) is 38.5 Å². The second kappa shape index (κ2) is 11.0. The highest BCUT2D eigenvalue weighted by molar-refractivity contribution is 8.00. The summed E-state index contributed by atoms with van der Waals surface area (Å²) in [7, 11) is 0. The Kier molecular flexibility index (Phi) is 8.34. The van der Waals surface area contributed by atoms with E-state index in [0.29, 0.717) is 29.3 Å². The number of nitrogens with zero attached hydrogens (tertiary/aromatic N) is 1. The number of thioether (sulfide) groups is 1. The average molecular weight is 450 g/mol. The van der Waals surface area contributed by atoms with Crippen molar-refractivity contribution in [3.63, 3.8) is 0 Å². The average Bonchev–Trinajstić information content (AvgIpc) is 2.83. The van der Waals surface area contributed by atoms with Crippen molar-refractivity contribution < 1.29 is 24.6 Å². The van der Waals surface area contributed by atoms with Crippen LogP contribution in [-0.2, 0) is 14.4 Å². The van der Waals surface area contributed by atoms with Crippen LogP contribution >= 0.6 is 11.8 Å². The Morgan fingerprint density at radius 2 is 1.90 bits per heavy atom. The summed E-state index contributed by atoms with van der Waals surface area (Å²) in [6, 6.07) is 6.97. The lowest BCUT2D eigenvalue weighted by atomic mass is 9.85. The van der Waals surface area contributed by atoms with Gasteiger partial charge in [-0.25, -0.2) is 0 Å². The summed E-state index contributed by atoms with van der Waals surface area (Å²) in [6.07, 6.45) is 5.32. The number of carbonyl (C=O) groups excluding carboxylic acids is 1. The molecule has 1 aromatic rings. The van der Waals surface area contributed by atoms with E-state index in [1.807, 2.05) is 0 Å². The van der Waals surface area contributed by atoms with Gasteiger partial charge in [0.05, 0.1) is 22.9 Å². The van der Waals surface area contributed by atoms with Gasteiger partial charge < -0.3 is 21.3 Å². The maximum absolute atomic E-state index is 13.4. The zero-order valence-corrected chi connectivity index (χ0v) is 18.4. The number of unbranched alkanes of at least 4 members (excludes halogenated alkanes) is 1. The Balaban J connectivity index is 1.74. The largest absolute Gasteiger partial charge is 0.481 e. The number of fused-ring (bicyclic) bond motifs is 1. The molecule has 0 radical (unpaired) electrons. The van der Waals surface area contributed by atoms with Gasteiger partial charge in [-0.2, -0.15) is 0 Å². The minimum Gasteiger partial charge on any atom is -0.481 e. The number of nitrogens with two attached hydrogens (primary N) is 1. The molecule has 8 nitrogen and oxygen atoms in total. The van der Waals surface area contributed by atoms with Gasteiger partial charge in [0.1, 0.15) is 6.54 Å². The van der Waals surface area contributed by atoms with Crippen molar-refractivity contribution in [2.24, 2.45) is 23.5 Å². The number of aliphatic carboxylic acids is 2. The summed E-state index contributed by atoms with van der Waals surface area (Å²) in [4.78, 5) is 38.8. The van der Waals surface area contributed by atoms with E-state index in [9.17, 15) is 24.6 Å². The number of nitrogens with one attached hydrogen (secondary N) is 1. The van der Waals surface area contributed by atoms with E-state index >= 15 is 0 Å². The zero-order valence-electron chi connectivity index (χ0n) is 17.5. The van der Waals surface area contributed by atoms with Crippen LogP contribution in [0.15, 0.2) is 29.2 Å². The van der Waals surface area contributed by atoms with Crippen molar-refractivity contribution in [3.05, 3.63) is 24.3 Å². The molecule has 31 heavy (non-hydrogen) atoms. The third-order valence-corrected chi connectivity index (χ3v) is 7.37. The van der Waals surface area contributed by atoms with E-state index in [1.54, 1.807) is 24.3 Å². The summed E-state index contributed by atoms with van der Waals surface area (Å²) in [5.74, 6) is -4.02. The summed E-state index contributed by atoms with van der Waals surface area (Å²) in [5, 5.41) is 21.8. The molecular formula is C22H31N3O5S. The maximum Gasteiger partial charge on any atom is 0.323 e. The SMILES string of the molecule is N[C@@H]1Sc2ccccc2N(CC(=O)O)C(=O)C1[C@H](CCCCC1CCNCC1)C(=O)O. The van der Waals surface area contributed by atoms with Gasteiger partial charge in [0.2, 0.25) is 5.91 Å². The molecule has 2 heterocycles. The van der Waals surface area contributed by atoms with Gasteiger partial charge in [-0.15, -0.1) is 11.8 Å². The van der Waals surface area contributed by atoms with Crippen molar-refractivity contribution >= 4 is 35.3 Å². The molecule has 5 N–H and O–H groups in total. The summed E-state index contributed by atoms with van der Waals surface area (Å²) in [5.41, 5.74) is 6.80. The van der Waals surface area contributed by atoms with Crippen LogP contribution in [0.5, 0.6) is 0 Å². The van der Waals surface area contributed by atoms with Gasteiger partial charge in [-0.05, 0) is 50.4 Å². The smallest absolute Gasteiger partial charge is 0.323 e. The second-order valence-electron chi connectivity index (χ2n) is 8.32. The monoisotopic (exact) mass is 449 g/mol. The molecule has 1 amide bonds. The van der Waals surface area contributed by atoms with Crippen LogP contribution in [-0.4, -0.2) is 53.1 Å². The summed E-state index contributed by atoms with van der Waals surface area (Å²) < 4.78 is 0. The van der Waals surface area contributed by atoms with Gasteiger partial charge in [0, 0.05) is 4.90 Å². The number of carboxylic acids is 2. The van der Waals surface area contributed by atoms with E-state index < -0.39 is 41.6 Å². The Morgan fingerprint density at radius 1 is 1.19 bits per heavy atom. The predicted molar refractivity (Wildman–Crippen MR) is 119 cm³/mol. The normalized spacial score (nSPS) is 23.1. The fourth-order valence-electron chi connectivity index (χ4n) is 4.56. The Hall–Kier alpha value is -2.10. The van der Waals surface area contributed by atoms with E-state index in [-0.39, 0.29) is 0 Å². The third kappa shape index (κ3) is 5.99. The van der Waals surface area contributed by atoms with Crippen molar-refractivity contribution in [2.45, 2.75) is 48.8 Å². The second-order valence-corrected chi connectivity index (χ2v) is 9.54. The maximum atomic E-state index is 13.4. The zero-order chi connectivity index (χ0) is 22.4. The molecule has 0 bridgehead atoms. The standard InChI is InChI=1S/C22H31N3O5S/c23-20-19(15(22(29)30)6-2-1-5-14-9-11-24-12-10-14)21(28)25(13-18(26)27)16-7-3-4-8-17(16)31-20/h3-4,7-8,14-15,19-20,24H,1-2,5-6,9-13,23H2,(H,26,27)(H,29,30)/t15-,19?,20+/m0/s1. The molecule has 1 fully saturated rings. The van der Waals surface area contributed by atoms with E-state index in [2.05, 4.69) is 5.32 Å². The van der Waals surface area contributed by atoms with Gasteiger partial charge in [-0.1, -0.05) is 31.4 Å². The Labute approximate surface area is 186 Å². The lowest BCUT2D eigenvalue weighted by Crippen LogP contribution is -2.48. The topological polar surface area (TPSA) is 133 Å². The fourth-order valence-corrected chi connectivity index (χ4v) is 5.76. The fraction of sp³-hybridized carbons (Fsp3) is 0.591. The molecule has 2 aliphatic rings.